The fourth-order valence-corrected chi connectivity index (χ4v) is 2.56. The first-order valence-electron chi connectivity index (χ1n) is 4.93. The first-order chi connectivity index (χ1) is 5.77. The number of hydrogen-bond acceptors (Lipinski definition) is 2. The van der Waals surface area contributed by atoms with Crippen LogP contribution in [0.1, 0.15) is 26.2 Å². The lowest BCUT2D eigenvalue weighted by molar-refractivity contribution is -0.925. The van der Waals surface area contributed by atoms with E-state index < -0.39 is 0 Å². The molecule has 2 rings (SSSR count). The number of hydrogen-bond donors (Lipinski definition) is 0. The summed E-state index contributed by atoms with van der Waals surface area (Å²) in [6, 6.07) is 0.468. The molecule has 3 atom stereocenters. The lowest BCUT2D eigenvalue weighted by atomic mass is 10.1. The van der Waals surface area contributed by atoms with Gasteiger partial charge in [-0.1, -0.05) is 6.92 Å². The maximum atomic E-state index is 12.3. The highest BCUT2D eigenvalue weighted by atomic mass is 16.6. The second-order valence-electron chi connectivity index (χ2n) is 3.97. The Morgan fingerprint density at radius 1 is 1.50 bits per heavy atom. The molecule has 0 aromatic heterocycles. The van der Waals surface area contributed by atoms with Crippen LogP contribution in [0.4, 0.5) is 0 Å². The normalized spacial score (nSPS) is 47.5. The molecule has 2 fully saturated rings. The van der Waals surface area contributed by atoms with Crippen molar-refractivity contribution in [3.05, 3.63) is 5.21 Å². The van der Waals surface area contributed by atoms with Gasteiger partial charge in [-0.2, -0.15) is 0 Å². The van der Waals surface area contributed by atoms with Crippen molar-refractivity contribution in [1.82, 2.24) is 0 Å². The second-order valence-corrected chi connectivity index (χ2v) is 3.97. The molecule has 0 amide bonds. The smallest absolute Gasteiger partial charge is 0.113 e. The third-order valence-electron chi connectivity index (χ3n) is 3.37. The molecule has 0 spiro atoms. The Morgan fingerprint density at radius 3 is 3.08 bits per heavy atom. The number of morpholine rings is 1. The van der Waals surface area contributed by atoms with Gasteiger partial charge in [0.2, 0.25) is 0 Å². The molecular formula is C9H17NO2. The van der Waals surface area contributed by atoms with Gasteiger partial charge in [0.25, 0.3) is 0 Å². The minimum Gasteiger partial charge on any atom is -0.632 e. The average molecular weight is 171 g/mol. The number of quaternary nitrogens is 1. The number of hydroxylamine groups is 3. The largest absolute Gasteiger partial charge is 0.632 e. The van der Waals surface area contributed by atoms with E-state index in [9.17, 15) is 5.21 Å². The molecule has 3 heteroatoms. The molecule has 70 valence electrons. The third kappa shape index (κ3) is 1.08. The standard InChI is InChI=1S/C9H17NO2/c1-2-8-6-12-7-9-4-3-5-10(8,9)11/h8-9H,2-7H2,1H3/t8-,9-,10?/m0/s1. The highest BCUT2D eigenvalue weighted by Gasteiger charge is 2.43. The summed E-state index contributed by atoms with van der Waals surface area (Å²) in [5.41, 5.74) is 0. The summed E-state index contributed by atoms with van der Waals surface area (Å²) in [6.45, 7) is 4.29. The van der Waals surface area contributed by atoms with Crippen molar-refractivity contribution in [3.8, 4) is 0 Å². The molecule has 0 N–H and O–H groups in total. The van der Waals surface area contributed by atoms with Gasteiger partial charge in [-0.15, -0.1) is 0 Å². The zero-order valence-corrected chi connectivity index (χ0v) is 7.66. The average Bonchev–Trinajstić information content (AvgIpc) is 2.45. The fraction of sp³-hybridized carbons (Fsp3) is 1.00. The first kappa shape index (κ1) is 8.48. The zero-order chi connectivity index (χ0) is 8.60. The first-order valence-corrected chi connectivity index (χ1v) is 4.93. The Balaban J connectivity index is 2.15. The summed E-state index contributed by atoms with van der Waals surface area (Å²) < 4.78 is 5.49. The van der Waals surface area contributed by atoms with Gasteiger partial charge in [-0.25, -0.2) is 0 Å². The second kappa shape index (κ2) is 2.98. The quantitative estimate of drug-likeness (QED) is 0.439. The SMILES string of the molecule is CC[C@H]1COC[C@@H]2CCC[N+]12[O-]. The molecular weight excluding hydrogens is 154 g/mol. The highest BCUT2D eigenvalue weighted by molar-refractivity contribution is 4.76. The lowest BCUT2D eigenvalue weighted by Gasteiger charge is -2.52. The van der Waals surface area contributed by atoms with Gasteiger partial charge in [-0.05, 0) is 6.42 Å². The van der Waals surface area contributed by atoms with Gasteiger partial charge in [0.1, 0.15) is 12.1 Å². The van der Waals surface area contributed by atoms with Crippen LogP contribution in [-0.4, -0.2) is 36.5 Å². The van der Waals surface area contributed by atoms with Crippen molar-refractivity contribution in [2.24, 2.45) is 0 Å². The lowest BCUT2D eigenvalue weighted by Crippen LogP contribution is -2.60. The summed E-state index contributed by atoms with van der Waals surface area (Å²) in [5, 5.41) is 12.3. The van der Waals surface area contributed by atoms with Crippen LogP contribution in [-0.2, 0) is 4.74 Å². The van der Waals surface area contributed by atoms with E-state index in [1.165, 1.54) is 0 Å². The van der Waals surface area contributed by atoms with Crippen LogP contribution < -0.4 is 0 Å². The van der Waals surface area contributed by atoms with E-state index in [-0.39, 0.29) is 16.7 Å². The van der Waals surface area contributed by atoms with Crippen LogP contribution in [0.5, 0.6) is 0 Å². The molecule has 12 heavy (non-hydrogen) atoms. The van der Waals surface area contributed by atoms with Gasteiger partial charge in [0.15, 0.2) is 0 Å². The maximum Gasteiger partial charge on any atom is 0.113 e. The van der Waals surface area contributed by atoms with Crippen LogP contribution in [0.25, 0.3) is 0 Å². The Kier molecular flexibility index (Phi) is 2.10. The van der Waals surface area contributed by atoms with Gasteiger partial charge in [0, 0.05) is 12.8 Å². The molecule has 2 aliphatic rings. The molecule has 2 heterocycles. The molecule has 0 aliphatic carbocycles. The van der Waals surface area contributed by atoms with Crippen LogP contribution in [0.15, 0.2) is 0 Å². The minimum absolute atomic E-state index is 0.0521. The summed E-state index contributed by atoms with van der Waals surface area (Å²) in [6.07, 6.45) is 3.12. The zero-order valence-electron chi connectivity index (χ0n) is 7.66. The molecule has 0 saturated carbocycles. The molecule has 2 saturated heterocycles. The predicted octanol–water partition coefficient (Wildman–Crippen LogP) is 1.27. The minimum atomic E-state index is 0.0521. The van der Waals surface area contributed by atoms with Crippen LogP contribution in [0.3, 0.4) is 0 Å². The Labute approximate surface area is 73.5 Å². The van der Waals surface area contributed by atoms with Crippen LogP contribution in [0, 0.1) is 5.21 Å². The molecule has 0 bridgehead atoms. The van der Waals surface area contributed by atoms with Gasteiger partial charge < -0.3 is 14.6 Å². The maximum absolute atomic E-state index is 12.3. The molecule has 0 aromatic carbocycles. The summed E-state index contributed by atoms with van der Waals surface area (Å²) in [5.74, 6) is 0. The Bertz CT molecular complexity index is 174. The molecule has 3 nitrogen and oxygen atoms in total. The number of fused-ring (bicyclic) bond motifs is 1. The molecule has 2 aliphatic heterocycles. The summed E-state index contributed by atoms with van der Waals surface area (Å²) in [7, 11) is 0. The third-order valence-corrected chi connectivity index (χ3v) is 3.37. The van der Waals surface area contributed by atoms with E-state index >= 15 is 0 Å². The van der Waals surface area contributed by atoms with E-state index in [1.807, 2.05) is 0 Å². The van der Waals surface area contributed by atoms with Crippen LogP contribution >= 0.6 is 0 Å². The van der Waals surface area contributed by atoms with Crippen molar-refractivity contribution in [2.75, 3.05) is 19.8 Å². The van der Waals surface area contributed by atoms with Gasteiger partial charge >= 0.3 is 0 Å². The monoisotopic (exact) mass is 171 g/mol. The van der Waals surface area contributed by atoms with Crippen molar-refractivity contribution >= 4 is 0 Å². The number of rotatable bonds is 1. The fourth-order valence-electron chi connectivity index (χ4n) is 2.56. The predicted molar refractivity (Wildman–Crippen MR) is 46.4 cm³/mol. The Hall–Kier alpha value is -0.120. The summed E-state index contributed by atoms with van der Waals surface area (Å²) in [4.78, 5) is 0. The molecule has 0 radical (unpaired) electrons. The summed E-state index contributed by atoms with van der Waals surface area (Å²) >= 11 is 0. The van der Waals surface area contributed by atoms with Gasteiger partial charge in [0.05, 0.1) is 19.8 Å². The molecule has 0 aromatic rings. The highest BCUT2D eigenvalue weighted by Crippen LogP contribution is 2.33. The number of nitrogens with zero attached hydrogens (tertiary/aromatic N) is 1. The van der Waals surface area contributed by atoms with Gasteiger partial charge in [-0.3, -0.25) is 0 Å². The van der Waals surface area contributed by atoms with Crippen molar-refractivity contribution in [3.63, 3.8) is 0 Å². The van der Waals surface area contributed by atoms with Crippen molar-refractivity contribution in [1.29, 1.82) is 0 Å². The van der Waals surface area contributed by atoms with E-state index in [2.05, 4.69) is 6.92 Å². The Morgan fingerprint density at radius 2 is 2.33 bits per heavy atom. The number of ether oxygens (including phenoxy) is 1. The van der Waals surface area contributed by atoms with Crippen molar-refractivity contribution < 1.29 is 9.38 Å². The van der Waals surface area contributed by atoms with Crippen LogP contribution in [0.2, 0.25) is 0 Å². The van der Waals surface area contributed by atoms with E-state index in [1.54, 1.807) is 0 Å². The molecule has 1 unspecified atom stereocenters. The van der Waals surface area contributed by atoms with E-state index in [0.29, 0.717) is 13.2 Å². The van der Waals surface area contributed by atoms with E-state index in [0.717, 1.165) is 25.8 Å². The topological polar surface area (TPSA) is 32.3 Å². The van der Waals surface area contributed by atoms with Crippen molar-refractivity contribution in [2.45, 2.75) is 38.3 Å². The van der Waals surface area contributed by atoms with E-state index in [4.69, 9.17) is 4.74 Å².